The summed E-state index contributed by atoms with van der Waals surface area (Å²) in [6.45, 7) is 8.08. The van der Waals surface area contributed by atoms with Crippen LogP contribution in [0.1, 0.15) is 19.4 Å². The summed E-state index contributed by atoms with van der Waals surface area (Å²) in [5.41, 5.74) is 6.64. The van der Waals surface area contributed by atoms with Gasteiger partial charge in [0.2, 0.25) is 5.91 Å². The van der Waals surface area contributed by atoms with Crippen LogP contribution in [-0.2, 0) is 9.59 Å². The number of nitrogens with two attached hydrogens (primary N) is 1. The van der Waals surface area contributed by atoms with E-state index in [2.05, 4.69) is 0 Å². The number of benzene rings is 1. The van der Waals surface area contributed by atoms with Crippen LogP contribution in [0.5, 0.6) is 5.75 Å². The average molecular weight is 333 g/mol. The minimum atomic E-state index is -0.544. The first-order valence-electron chi connectivity index (χ1n) is 8.43. The topological polar surface area (TPSA) is 75.9 Å². The van der Waals surface area contributed by atoms with Crippen molar-refractivity contribution in [2.75, 3.05) is 32.7 Å². The standard InChI is InChI=1S/C18H27N3O3/c1-13-5-4-6-16(11-13)24-15(3)18(23)21-9-7-20(8-10-21)17(22)14(2)12-19/h4-6,11,14-15H,7-10,12,19H2,1-3H3. The lowest BCUT2D eigenvalue weighted by Gasteiger charge is -2.36. The highest BCUT2D eigenvalue weighted by Gasteiger charge is 2.29. The predicted octanol–water partition coefficient (Wildman–Crippen LogP) is 1.03. The number of hydrogen-bond donors (Lipinski definition) is 1. The third kappa shape index (κ3) is 4.47. The van der Waals surface area contributed by atoms with Crippen LogP contribution in [0.25, 0.3) is 0 Å². The molecule has 2 N–H and O–H groups in total. The molecule has 2 unspecified atom stereocenters. The van der Waals surface area contributed by atoms with Crippen molar-refractivity contribution in [3.05, 3.63) is 29.8 Å². The Labute approximate surface area is 143 Å². The number of rotatable bonds is 5. The molecule has 0 aliphatic carbocycles. The summed E-state index contributed by atoms with van der Waals surface area (Å²) in [6.07, 6.45) is -0.544. The minimum Gasteiger partial charge on any atom is -0.481 e. The van der Waals surface area contributed by atoms with Crippen LogP contribution in [0.3, 0.4) is 0 Å². The molecule has 0 aromatic heterocycles. The van der Waals surface area contributed by atoms with E-state index in [1.54, 1.807) is 16.7 Å². The number of aryl methyl sites for hydroxylation is 1. The lowest BCUT2D eigenvalue weighted by Crippen LogP contribution is -2.54. The van der Waals surface area contributed by atoms with Gasteiger partial charge in [-0.1, -0.05) is 19.1 Å². The second-order valence-corrected chi connectivity index (χ2v) is 6.36. The van der Waals surface area contributed by atoms with E-state index < -0.39 is 6.10 Å². The molecule has 1 heterocycles. The first kappa shape index (κ1) is 18.3. The SMILES string of the molecule is Cc1cccc(OC(C)C(=O)N2CCN(C(=O)C(C)CN)CC2)c1. The molecule has 1 saturated heterocycles. The Balaban J connectivity index is 1.87. The van der Waals surface area contributed by atoms with Gasteiger partial charge in [0.15, 0.2) is 6.10 Å². The van der Waals surface area contributed by atoms with E-state index in [1.165, 1.54) is 0 Å². The molecule has 2 atom stereocenters. The lowest BCUT2D eigenvalue weighted by molar-refractivity contribution is -0.145. The van der Waals surface area contributed by atoms with E-state index >= 15 is 0 Å². The number of carbonyl (C=O) groups is 2. The van der Waals surface area contributed by atoms with Crippen molar-refractivity contribution in [2.45, 2.75) is 26.9 Å². The number of carbonyl (C=O) groups excluding carboxylic acids is 2. The number of hydrogen-bond acceptors (Lipinski definition) is 4. The van der Waals surface area contributed by atoms with Crippen LogP contribution in [-0.4, -0.2) is 60.4 Å². The number of nitrogens with zero attached hydrogens (tertiary/aromatic N) is 2. The molecule has 0 bridgehead atoms. The maximum Gasteiger partial charge on any atom is 0.263 e. The monoisotopic (exact) mass is 333 g/mol. The average Bonchev–Trinajstić information content (AvgIpc) is 2.59. The molecule has 0 saturated carbocycles. The fourth-order valence-corrected chi connectivity index (χ4v) is 2.76. The van der Waals surface area contributed by atoms with Gasteiger partial charge >= 0.3 is 0 Å². The molecule has 0 radical (unpaired) electrons. The highest BCUT2D eigenvalue weighted by atomic mass is 16.5. The van der Waals surface area contributed by atoms with Crippen molar-refractivity contribution >= 4 is 11.8 Å². The van der Waals surface area contributed by atoms with Gasteiger partial charge in [-0.3, -0.25) is 9.59 Å². The van der Waals surface area contributed by atoms with Crippen LogP contribution in [0.2, 0.25) is 0 Å². The fourth-order valence-electron chi connectivity index (χ4n) is 2.76. The smallest absolute Gasteiger partial charge is 0.263 e. The molecule has 6 nitrogen and oxygen atoms in total. The van der Waals surface area contributed by atoms with Gasteiger partial charge in [0, 0.05) is 38.6 Å². The van der Waals surface area contributed by atoms with Crippen molar-refractivity contribution in [1.82, 2.24) is 9.80 Å². The molecule has 1 aliphatic heterocycles. The zero-order valence-corrected chi connectivity index (χ0v) is 14.7. The molecular weight excluding hydrogens is 306 g/mol. The van der Waals surface area contributed by atoms with Gasteiger partial charge in [0.25, 0.3) is 5.91 Å². The quantitative estimate of drug-likeness (QED) is 0.873. The summed E-state index contributed by atoms with van der Waals surface area (Å²) in [5, 5.41) is 0. The Hall–Kier alpha value is -2.08. The summed E-state index contributed by atoms with van der Waals surface area (Å²) in [7, 11) is 0. The van der Waals surface area contributed by atoms with Crippen molar-refractivity contribution in [3.63, 3.8) is 0 Å². The summed E-state index contributed by atoms with van der Waals surface area (Å²) in [4.78, 5) is 28.2. The Kier molecular flexibility index (Phi) is 6.20. The maximum absolute atomic E-state index is 12.5. The highest BCUT2D eigenvalue weighted by Crippen LogP contribution is 2.16. The molecule has 1 aromatic carbocycles. The van der Waals surface area contributed by atoms with Crippen molar-refractivity contribution < 1.29 is 14.3 Å². The largest absolute Gasteiger partial charge is 0.481 e. The van der Waals surface area contributed by atoms with Crippen LogP contribution in [0.4, 0.5) is 0 Å². The van der Waals surface area contributed by atoms with Crippen molar-refractivity contribution in [2.24, 2.45) is 11.7 Å². The minimum absolute atomic E-state index is 0.0459. The van der Waals surface area contributed by atoms with Crippen molar-refractivity contribution in [1.29, 1.82) is 0 Å². The zero-order chi connectivity index (χ0) is 17.7. The zero-order valence-electron chi connectivity index (χ0n) is 14.7. The van der Waals surface area contributed by atoms with Gasteiger partial charge in [-0.15, -0.1) is 0 Å². The van der Waals surface area contributed by atoms with Gasteiger partial charge in [-0.25, -0.2) is 0 Å². The molecule has 1 fully saturated rings. The van der Waals surface area contributed by atoms with Crippen LogP contribution in [0, 0.1) is 12.8 Å². The molecular formula is C18H27N3O3. The van der Waals surface area contributed by atoms with E-state index in [0.717, 1.165) is 5.56 Å². The van der Waals surface area contributed by atoms with Crippen LogP contribution < -0.4 is 10.5 Å². The second-order valence-electron chi connectivity index (χ2n) is 6.36. The molecule has 132 valence electrons. The summed E-state index contributed by atoms with van der Waals surface area (Å²) < 4.78 is 5.75. The molecule has 6 heteroatoms. The third-order valence-electron chi connectivity index (χ3n) is 4.33. The highest BCUT2D eigenvalue weighted by molar-refractivity contribution is 5.82. The van der Waals surface area contributed by atoms with Gasteiger partial charge in [-0.2, -0.15) is 0 Å². The van der Waals surface area contributed by atoms with Crippen LogP contribution in [0.15, 0.2) is 24.3 Å². The number of amides is 2. The summed E-state index contributed by atoms with van der Waals surface area (Å²) in [6, 6.07) is 7.65. The molecule has 2 amide bonds. The Bertz CT molecular complexity index is 583. The molecule has 2 rings (SSSR count). The third-order valence-corrected chi connectivity index (χ3v) is 4.33. The van der Waals surface area contributed by atoms with E-state index in [4.69, 9.17) is 10.5 Å². The Morgan fingerprint density at radius 2 is 1.71 bits per heavy atom. The van der Waals surface area contributed by atoms with Crippen LogP contribution >= 0.6 is 0 Å². The van der Waals surface area contributed by atoms with E-state index in [9.17, 15) is 9.59 Å². The Morgan fingerprint density at radius 1 is 1.12 bits per heavy atom. The van der Waals surface area contributed by atoms with E-state index in [-0.39, 0.29) is 17.7 Å². The Morgan fingerprint density at radius 3 is 2.25 bits per heavy atom. The first-order valence-corrected chi connectivity index (χ1v) is 8.43. The van der Waals surface area contributed by atoms with Crippen molar-refractivity contribution in [3.8, 4) is 5.75 Å². The van der Waals surface area contributed by atoms with Gasteiger partial charge in [-0.05, 0) is 31.5 Å². The summed E-state index contributed by atoms with van der Waals surface area (Å²) >= 11 is 0. The number of ether oxygens (including phenoxy) is 1. The normalized spacial score (nSPS) is 17.3. The molecule has 1 aliphatic rings. The van der Waals surface area contributed by atoms with Gasteiger partial charge in [0.1, 0.15) is 5.75 Å². The maximum atomic E-state index is 12.5. The van der Waals surface area contributed by atoms with E-state index in [0.29, 0.717) is 38.5 Å². The van der Waals surface area contributed by atoms with E-state index in [1.807, 2.05) is 38.1 Å². The van der Waals surface area contributed by atoms with Gasteiger partial charge in [0.05, 0.1) is 0 Å². The first-order chi connectivity index (χ1) is 11.4. The molecule has 1 aromatic rings. The predicted molar refractivity (Wildman–Crippen MR) is 92.6 cm³/mol. The second kappa shape index (κ2) is 8.15. The van der Waals surface area contributed by atoms with Gasteiger partial charge < -0.3 is 20.3 Å². The molecule has 0 spiro atoms. The molecule has 24 heavy (non-hydrogen) atoms. The lowest BCUT2D eigenvalue weighted by atomic mass is 10.1. The summed E-state index contributed by atoms with van der Waals surface area (Å²) in [5.74, 6) is 0.543. The fraction of sp³-hybridized carbons (Fsp3) is 0.556. The number of piperazine rings is 1.